The van der Waals surface area contributed by atoms with Crippen LogP contribution in [0, 0.1) is 0 Å². The van der Waals surface area contributed by atoms with Gasteiger partial charge in [0, 0.05) is 16.5 Å². The number of alkyl halides is 3. The third-order valence-electron chi connectivity index (χ3n) is 0.207. The first-order valence-electron chi connectivity index (χ1n) is 1.16. The Morgan fingerprint density at radius 2 is 1.25 bits per heavy atom. The van der Waals surface area contributed by atoms with Crippen LogP contribution in [0.25, 0.3) is 0 Å². The van der Waals surface area contributed by atoms with Crippen LogP contribution in [0.3, 0.4) is 0 Å². The molecule has 0 heterocycles. The van der Waals surface area contributed by atoms with E-state index in [1.165, 1.54) is 0 Å². The number of hydrogen-bond acceptors (Lipinski definition) is 2. The average molecular weight is 193 g/mol. The Hall–Kier alpha value is 0.234. The summed E-state index contributed by atoms with van der Waals surface area (Å²) in [5, 5.41) is 0. The first kappa shape index (κ1) is 11.1. The van der Waals surface area contributed by atoms with Crippen LogP contribution in [0.4, 0.5) is 13.2 Å². The number of rotatable bonds is 0. The van der Waals surface area contributed by atoms with E-state index in [2.05, 4.69) is 0 Å². The van der Waals surface area contributed by atoms with Crippen LogP contribution >= 0.6 is 0 Å². The number of halogens is 3. The summed E-state index contributed by atoms with van der Waals surface area (Å²) in [7, 11) is -4.24. The monoisotopic (exact) mass is 192 g/mol. The van der Waals surface area contributed by atoms with Gasteiger partial charge >= 0.3 is 5.51 Å². The minimum absolute atomic E-state index is 0. The van der Waals surface area contributed by atoms with Gasteiger partial charge in [-0.1, -0.05) is 0 Å². The van der Waals surface area contributed by atoms with Crippen molar-refractivity contribution in [3.05, 3.63) is 0 Å². The Bertz CT molecular complexity index is 118. The summed E-state index contributed by atoms with van der Waals surface area (Å²) in [6, 6.07) is 0. The maximum atomic E-state index is 10.6. The van der Waals surface area contributed by atoms with Crippen LogP contribution in [0.1, 0.15) is 0 Å². The van der Waals surface area contributed by atoms with E-state index < -0.39 is 16.2 Å². The fraction of sp³-hybridized carbons (Fsp3) is 1.00. The minimum Gasteiger partial charge on any atom is -0.223 e. The first-order valence-corrected chi connectivity index (χ1v) is 2.33. The Kier molecular flexibility index (Phi) is 4.57. The first-order chi connectivity index (χ1) is 2.94. The van der Waals surface area contributed by atoms with E-state index >= 15 is 0 Å². The van der Waals surface area contributed by atoms with Gasteiger partial charge in [-0.25, -0.2) is 8.42 Å². The van der Waals surface area contributed by atoms with Crippen molar-refractivity contribution in [2.45, 2.75) is 5.51 Å². The van der Waals surface area contributed by atoms with Crippen LogP contribution in [-0.2, 0) is 27.2 Å². The summed E-state index contributed by atoms with van der Waals surface area (Å²) in [6.07, 6.45) is 0. The molecule has 0 rings (SSSR count). The van der Waals surface area contributed by atoms with Crippen LogP contribution < -0.4 is 0 Å². The zero-order chi connectivity index (χ0) is 6.08. The molecular formula is CHF3NiO2S. The van der Waals surface area contributed by atoms with Crippen molar-refractivity contribution in [2.24, 2.45) is 0 Å². The molecule has 0 aliphatic rings. The molecule has 0 radical (unpaired) electrons. The summed E-state index contributed by atoms with van der Waals surface area (Å²) >= 11 is 0. The van der Waals surface area contributed by atoms with Gasteiger partial charge in [-0.2, -0.15) is 13.2 Å². The van der Waals surface area contributed by atoms with Crippen molar-refractivity contribution in [1.82, 2.24) is 0 Å². The zero-order valence-electron chi connectivity index (χ0n) is 3.21. The summed E-state index contributed by atoms with van der Waals surface area (Å²) in [5.74, 6) is 0. The van der Waals surface area contributed by atoms with Crippen LogP contribution in [0.5, 0.6) is 0 Å². The maximum Gasteiger partial charge on any atom is 0.494 e. The molecule has 0 spiro atoms. The molecule has 0 aromatic heterocycles. The third-order valence-corrected chi connectivity index (χ3v) is 0.621. The molecule has 0 atom stereocenters. The normalized spacial score (nSPS) is 11.0. The van der Waals surface area contributed by atoms with Gasteiger partial charge in [0.25, 0.3) is 0 Å². The third kappa shape index (κ3) is 4.39. The second kappa shape index (κ2) is 3.30. The summed E-state index contributed by atoms with van der Waals surface area (Å²) in [6.45, 7) is 0. The molecule has 0 aromatic rings. The Morgan fingerprint density at radius 3 is 1.25 bits per heavy atom. The molecule has 0 saturated carbocycles. The molecule has 0 amide bonds. The fourth-order valence-corrected chi connectivity index (χ4v) is 0. The molecule has 0 saturated heterocycles. The van der Waals surface area contributed by atoms with Crippen LogP contribution in [0.2, 0.25) is 0 Å². The van der Waals surface area contributed by atoms with Gasteiger partial charge in [-0.3, -0.25) is 0 Å². The largest absolute Gasteiger partial charge is 0.494 e. The molecule has 7 heteroatoms. The molecule has 2 nitrogen and oxygen atoms in total. The van der Waals surface area contributed by atoms with E-state index in [1.807, 2.05) is 0 Å². The van der Waals surface area contributed by atoms with Gasteiger partial charge in [0.2, 0.25) is 10.7 Å². The molecule has 0 aromatic carbocycles. The van der Waals surface area contributed by atoms with Gasteiger partial charge in [0.1, 0.15) is 0 Å². The van der Waals surface area contributed by atoms with E-state index in [-0.39, 0.29) is 16.5 Å². The van der Waals surface area contributed by atoms with Crippen LogP contribution in [-0.4, -0.2) is 13.9 Å². The van der Waals surface area contributed by atoms with Gasteiger partial charge in [-0.05, 0) is 0 Å². The van der Waals surface area contributed by atoms with E-state index in [0.29, 0.717) is 0 Å². The standard InChI is InChI=1S/CHF3O2S.Ni/c2-1(3,4)7(5)6;/h7H;. The molecule has 8 heavy (non-hydrogen) atoms. The summed E-state index contributed by atoms with van der Waals surface area (Å²) in [5.41, 5.74) is -5.05. The minimum atomic E-state index is -5.05. The second-order valence-electron chi connectivity index (χ2n) is 0.725. The van der Waals surface area contributed by atoms with E-state index in [1.54, 1.807) is 0 Å². The molecule has 54 valence electrons. The van der Waals surface area contributed by atoms with Crippen molar-refractivity contribution in [3.63, 3.8) is 0 Å². The Balaban J connectivity index is 0. The van der Waals surface area contributed by atoms with Crippen molar-refractivity contribution in [3.8, 4) is 0 Å². The molecule has 0 aliphatic carbocycles. The smallest absolute Gasteiger partial charge is 0.223 e. The Labute approximate surface area is 54.9 Å². The average Bonchev–Trinajstić information content (AvgIpc) is 1.31. The molecular weight excluding hydrogens is 192 g/mol. The fourth-order valence-electron chi connectivity index (χ4n) is 0. The van der Waals surface area contributed by atoms with Gasteiger partial charge < -0.3 is 0 Å². The van der Waals surface area contributed by atoms with Crippen molar-refractivity contribution in [1.29, 1.82) is 0 Å². The molecule has 0 bridgehead atoms. The summed E-state index contributed by atoms with van der Waals surface area (Å²) < 4.78 is 49.6. The zero-order valence-corrected chi connectivity index (χ0v) is 5.10. The van der Waals surface area contributed by atoms with Gasteiger partial charge in [0.15, 0.2) is 0 Å². The molecule has 0 aliphatic heterocycles. The Morgan fingerprint density at radius 1 is 1.12 bits per heavy atom. The molecule has 0 fully saturated rings. The maximum absolute atomic E-state index is 10.6. The predicted molar refractivity (Wildman–Crippen MR) is 16.4 cm³/mol. The SMILES string of the molecule is O=[SH](=O)C(F)(F)F.[Ni]. The number of thiol groups is 1. The topological polar surface area (TPSA) is 34.1 Å². The van der Waals surface area contributed by atoms with Crippen molar-refractivity contribution in [2.75, 3.05) is 0 Å². The van der Waals surface area contributed by atoms with E-state index in [0.717, 1.165) is 0 Å². The summed E-state index contributed by atoms with van der Waals surface area (Å²) in [4.78, 5) is 0. The van der Waals surface area contributed by atoms with E-state index in [9.17, 15) is 13.2 Å². The van der Waals surface area contributed by atoms with E-state index in [4.69, 9.17) is 8.42 Å². The predicted octanol–water partition coefficient (Wildman–Crippen LogP) is 0.115. The van der Waals surface area contributed by atoms with Crippen LogP contribution in [0.15, 0.2) is 0 Å². The molecule has 0 unspecified atom stereocenters. The van der Waals surface area contributed by atoms with Gasteiger partial charge in [0.05, 0.1) is 0 Å². The number of hydrogen-bond donors (Lipinski definition) is 1. The van der Waals surface area contributed by atoms with Crippen molar-refractivity contribution < 1.29 is 38.1 Å². The second-order valence-corrected chi connectivity index (χ2v) is 1.75. The van der Waals surface area contributed by atoms with Crippen molar-refractivity contribution >= 4 is 10.7 Å². The van der Waals surface area contributed by atoms with Gasteiger partial charge in [-0.15, -0.1) is 0 Å². The molecule has 0 N–H and O–H groups in total. The quantitative estimate of drug-likeness (QED) is 0.437.